The van der Waals surface area contributed by atoms with Gasteiger partial charge < -0.3 is 9.64 Å². The Morgan fingerprint density at radius 2 is 1.72 bits per heavy atom. The molecule has 0 aliphatic heterocycles. The van der Waals surface area contributed by atoms with Crippen LogP contribution in [0.3, 0.4) is 0 Å². The number of hydrogen-bond donors (Lipinski definition) is 0. The van der Waals surface area contributed by atoms with Gasteiger partial charge in [0.25, 0.3) is 0 Å². The summed E-state index contributed by atoms with van der Waals surface area (Å²) in [4.78, 5) is 23.5. The summed E-state index contributed by atoms with van der Waals surface area (Å²) in [6.45, 7) is 4.56. The van der Waals surface area contributed by atoms with Crippen LogP contribution in [0.25, 0.3) is 10.8 Å². The second-order valence-electron chi connectivity index (χ2n) is 7.16. The third-order valence-corrected chi connectivity index (χ3v) is 5.68. The first-order chi connectivity index (χ1) is 13.9. The van der Waals surface area contributed by atoms with Crippen LogP contribution in [-0.4, -0.2) is 41.2 Å². The summed E-state index contributed by atoms with van der Waals surface area (Å²) in [5.74, 6) is 0.963. The molecule has 5 nitrogen and oxygen atoms in total. The van der Waals surface area contributed by atoms with Crippen LogP contribution in [0.2, 0.25) is 0 Å². The molecule has 0 aliphatic rings. The lowest BCUT2D eigenvalue weighted by Crippen LogP contribution is -2.26. The van der Waals surface area contributed by atoms with Gasteiger partial charge in [-0.25, -0.2) is 9.97 Å². The van der Waals surface area contributed by atoms with E-state index in [2.05, 4.69) is 28.2 Å². The zero-order chi connectivity index (χ0) is 21.0. The van der Waals surface area contributed by atoms with Crippen molar-refractivity contribution in [3.63, 3.8) is 0 Å². The van der Waals surface area contributed by atoms with Crippen molar-refractivity contribution >= 4 is 28.4 Å². The minimum absolute atomic E-state index is 0.118. The van der Waals surface area contributed by atoms with Crippen LogP contribution in [-0.2, 0) is 17.8 Å². The molecule has 0 radical (unpaired) electrons. The average molecular weight is 410 g/mol. The summed E-state index contributed by atoms with van der Waals surface area (Å²) in [7, 11) is 3.52. The summed E-state index contributed by atoms with van der Waals surface area (Å²) in [5.41, 5.74) is 4.10. The molecule has 0 N–H and O–H groups in total. The Morgan fingerprint density at radius 1 is 1.07 bits per heavy atom. The Kier molecular flexibility index (Phi) is 6.75. The number of fused-ring (bicyclic) bond motifs is 1. The van der Waals surface area contributed by atoms with E-state index in [-0.39, 0.29) is 5.91 Å². The molecular formula is C23H27N3O2S. The van der Waals surface area contributed by atoms with Crippen LogP contribution in [0.5, 0.6) is 5.75 Å². The van der Waals surface area contributed by atoms with E-state index in [0.29, 0.717) is 19.4 Å². The minimum atomic E-state index is 0.118. The van der Waals surface area contributed by atoms with Gasteiger partial charge in [-0.05, 0) is 66.6 Å². The maximum absolute atomic E-state index is 12.7. The van der Waals surface area contributed by atoms with Crippen molar-refractivity contribution < 1.29 is 9.53 Å². The van der Waals surface area contributed by atoms with Crippen molar-refractivity contribution in [2.75, 3.05) is 20.4 Å². The molecule has 2 aromatic carbocycles. The van der Waals surface area contributed by atoms with Crippen molar-refractivity contribution in [3.8, 4) is 5.75 Å². The molecule has 1 aromatic heterocycles. The fourth-order valence-electron chi connectivity index (χ4n) is 3.45. The maximum Gasteiger partial charge on any atom is 0.222 e. The highest BCUT2D eigenvalue weighted by Crippen LogP contribution is 2.23. The number of aryl methyl sites for hydroxylation is 2. The monoisotopic (exact) mass is 409 g/mol. The van der Waals surface area contributed by atoms with Gasteiger partial charge in [-0.15, -0.1) is 0 Å². The standard InChI is InChI=1S/C23H27N3O2S/c1-15-21(16(2)25-23(24-15)29-5)10-11-22(27)26(3)14-17-6-7-19-13-20(28-4)9-8-18(19)12-17/h6-9,12-13H,10-11,14H2,1-5H3. The second-order valence-corrected chi connectivity index (χ2v) is 7.93. The molecule has 0 unspecified atom stereocenters. The largest absolute Gasteiger partial charge is 0.497 e. The second kappa shape index (κ2) is 9.27. The van der Waals surface area contributed by atoms with Gasteiger partial charge in [0.15, 0.2) is 5.16 Å². The number of methoxy groups -OCH3 is 1. The van der Waals surface area contributed by atoms with E-state index in [9.17, 15) is 4.79 Å². The third kappa shape index (κ3) is 5.07. The number of carbonyl (C=O) groups is 1. The van der Waals surface area contributed by atoms with E-state index in [1.165, 1.54) is 11.8 Å². The summed E-state index contributed by atoms with van der Waals surface area (Å²) in [5, 5.41) is 3.05. The smallest absolute Gasteiger partial charge is 0.222 e. The molecule has 6 heteroatoms. The number of nitrogens with zero attached hydrogens (tertiary/aromatic N) is 3. The number of hydrogen-bond acceptors (Lipinski definition) is 5. The van der Waals surface area contributed by atoms with Gasteiger partial charge in [-0.1, -0.05) is 30.0 Å². The van der Waals surface area contributed by atoms with Crippen molar-refractivity contribution in [2.45, 2.75) is 38.4 Å². The molecule has 0 spiro atoms. The molecule has 3 aromatic rings. The highest BCUT2D eigenvalue weighted by atomic mass is 32.2. The zero-order valence-electron chi connectivity index (χ0n) is 17.7. The normalized spacial score (nSPS) is 10.9. The Labute approximate surface area is 176 Å². The van der Waals surface area contributed by atoms with Crippen LogP contribution in [0.1, 0.15) is 28.9 Å². The molecule has 0 fully saturated rings. The number of amides is 1. The van der Waals surface area contributed by atoms with Crippen LogP contribution < -0.4 is 4.74 Å². The number of rotatable bonds is 7. The van der Waals surface area contributed by atoms with E-state index >= 15 is 0 Å². The SMILES string of the molecule is COc1ccc2cc(CN(C)C(=O)CCc3c(C)nc(SC)nc3C)ccc2c1. The summed E-state index contributed by atoms with van der Waals surface area (Å²) in [6, 6.07) is 12.3. The molecule has 29 heavy (non-hydrogen) atoms. The fourth-order valence-corrected chi connectivity index (χ4v) is 3.90. The van der Waals surface area contributed by atoms with Gasteiger partial charge >= 0.3 is 0 Å². The highest BCUT2D eigenvalue weighted by molar-refractivity contribution is 7.98. The predicted octanol–water partition coefficient (Wildman–Crippen LogP) is 4.57. The van der Waals surface area contributed by atoms with E-state index in [1.54, 1.807) is 12.0 Å². The number of carbonyl (C=O) groups excluding carboxylic acids is 1. The Balaban J connectivity index is 1.64. The number of thioether (sulfide) groups is 1. The van der Waals surface area contributed by atoms with Crippen LogP contribution >= 0.6 is 11.8 Å². The van der Waals surface area contributed by atoms with Crippen molar-refractivity contribution in [1.82, 2.24) is 14.9 Å². The van der Waals surface area contributed by atoms with Gasteiger partial charge in [0.1, 0.15) is 5.75 Å². The number of ether oxygens (including phenoxy) is 1. The lowest BCUT2D eigenvalue weighted by atomic mass is 10.1. The lowest BCUT2D eigenvalue weighted by molar-refractivity contribution is -0.130. The van der Waals surface area contributed by atoms with Gasteiger partial charge in [-0.3, -0.25) is 4.79 Å². The molecule has 0 atom stereocenters. The molecule has 1 amide bonds. The molecule has 3 rings (SSSR count). The molecule has 0 saturated carbocycles. The topological polar surface area (TPSA) is 55.3 Å². The molecule has 0 aliphatic carbocycles. The summed E-state index contributed by atoms with van der Waals surface area (Å²) in [6.07, 6.45) is 3.08. The quantitative estimate of drug-likeness (QED) is 0.423. The highest BCUT2D eigenvalue weighted by Gasteiger charge is 2.14. The molecule has 152 valence electrons. The molecular weight excluding hydrogens is 382 g/mol. The average Bonchev–Trinajstić information content (AvgIpc) is 2.72. The summed E-state index contributed by atoms with van der Waals surface area (Å²) < 4.78 is 5.28. The van der Waals surface area contributed by atoms with Crippen molar-refractivity contribution in [3.05, 3.63) is 58.9 Å². The Morgan fingerprint density at radius 3 is 2.38 bits per heavy atom. The number of benzene rings is 2. The first kappa shape index (κ1) is 21.1. The summed E-state index contributed by atoms with van der Waals surface area (Å²) >= 11 is 1.53. The van der Waals surface area contributed by atoms with Crippen LogP contribution in [0.4, 0.5) is 0 Å². The van der Waals surface area contributed by atoms with E-state index in [0.717, 1.165) is 44.2 Å². The van der Waals surface area contributed by atoms with Crippen LogP contribution in [0, 0.1) is 13.8 Å². The van der Waals surface area contributed by atoms with Gasteiger partial charge in [0, 0.05) is 31.4 Å². The van der Waals surface area contributed by atoms with E-state index in [1.807, 2.05) is 45.4 Å². The van der Waals surface area contributed by atoms with E-state index < -0.39 is 0 Å². The van der Waals surface area contributed by atoms with E-state index in [4.69, 9.17) is 4.74 Å². The maximum atomic E-state index is 12.7. The minimum Gasteiger partial charge on any atom is -0.497 e. The van der Waals surface area contributed by atoms with Crippen molar-refractivity contribution in [1.29, 1.82) is 0 Å². The first-order valence-electron chi connectivity index (χ1n) is 9.60. The molecule has 0 saturated heterocycles. The Hall–Kier alpha value is -2.60. The lowest BCUT2D eigenvalue weighted by Gasteiger charge is -2.18. The fraction of sp³-hybridized carbons (Fsp3) is 0.348. The third-order valence-electron chi connectivity index (χ3n) is 5.13. The van der Waals surface area contributed by atoms with Gasteiger partial charge in [0.2, 0.25) is 5.91 Å². The van der Waals surface area contributed by atoms with Gasteiger partial charge in [-0.2, -0.15) is 0 Å². The molecule has 0 bridgehead atoms. The van der Waals surface area contributed by atoms with Crippen molar-refractivity contribution in [2.24, 2.45) is 0 Å². The first-order valence-corrected chi connectivity index (χ1v) is 10.8. The Bertz CT molecular complexity index is 1010. The molecule has 1 heterocycles. The number of aromatic nitrogens is 2. The van der Waals surface area contributed by atoms with Crippen LogP contribution in [0.15, 0.2) is 41.6 Å². The predicted molar refractivity (Wildman–Crippen MR) is 119 cm³/mol. The zero-order valence-corrected chi connectivity index (χ0v) is 18.5. The van der Waals surface area contributed by atoms with Gasteiger partial charge in [0.05, 0.1) is 7.11 Å².